The Bertz CT molecular complexity index is 567. The fourth-order valence-electron chi connectivity index (χ4n) is 2.56. The van der Waals surface area contributed by atoms with Crippen molar-refractivity contribution in [2.24, 2.45) is 0 Å². The largest absolute Gasteiger partial charge is 0.488 e. The number of hydrogen-bond donors (Lipinski definition) is 1. The standard InChI is InChI=1S/C14H19NO6/c1-18-10-6-4-5-8(10)15-9-7-11(13(16)20-3)21-14(17)12(9)19-2/h7-8,10,15H,4-6H2,1-3H3/t8-,10+/m1/s1. The third kappa shape index (κ3) is 3.18. The van der Waals surface area contributed by atoms with Crippen LogP contribution in [0.15, 0.2) is 15.3 Å². The van der Waals surface area contributed by atoms with Gasteiger partial charge in [0.2, 0.25) is 11.5 Å². The van der Waals surface area contributed by atoms with Crippen LogP contribution in [0.1, 0.15) is 29.8 Å². The molecule has 0 amide bonds. The van der Waals surface area contributed by atoms with Crippen LogP contribution >= 0.6 is 0 Å². The van der Waals surface area contributed by atoms with Gasteiger partial charge in [-0.15, -0.1) is 0 Å². The van der Waals surface area contributed by atoms with E-state index in [4.69, 9.17) is 13.9 Å². The molecule has 1 aliphatic rings. The molecule has 0 saturated heterocycles. The number of carbonyl (C=O) groups is 1. The molecular weight excluding hydrogens is 278 g/mol. The highest BCUT2D eigenvalue weighted by Gasteiger charge is 2.29. The zero-order valence-corrected chi connectivity index (χ0v) is 12.3. The maximum Gasteiger partial charge on any atom is 0.381 e. The molecule has 1 N–H and O–H groups in total. The van der Waals surface area contributed by atoms with E-state index in [0.29, 0.717) is 5.69 Å². The molecule has 21 heavy (non-hydrogen) atoms. The summed E-state index contributed by atoms with van der Waals surface area (Å²) in [7, 11) is 4.25. The second-order valence-corrected chi connectivity index (χ2v) is 4.79. The number of nitrogens with one attached hydrogen (secondary N) is 1. The Labute approximate surface area is 122 Å². The van der Waals surface area contributed by atoms with Gasteiger partial charge < -0.3 is 23.9 Å². The smallest absolute Gasteiger partial charge is 0.381 e. The van der Waals surface area contributed by atoms with Crippen LogP contribution in [0.5, 0.6) is 5.75 Å². The predicted molar refractivity (Wildman–Crippen MR) is 74.9 cm³/mol. The lowest BCUT2D eigenvalue weighted by Gasteiger charge is -2.21. The fraction of sp³-hybridized carbons (Fsp3) is 0.571. The molecule has 0 aromatic carbocycles. The lowest BCUT2D eigenvalue weighted by atomic mass is 10.2. The van der Waals surface area contributed by atoms with Crippen LogP contribution in [-0.4, -0.2) is 39.4 Å². The van der Waals surface area contributed by atoms with Crippen molar-refractivity contribution in [1.82, 2.24) is 0 Å². The van der Waals surface area contributed by atoms with Crippen LogP contribution < -0.4 is 15.7 Å². The summed E-state index contributed by atoms with van der Waals surface area (Å²) in [5, 5.41) is 3.20. The summed E-state index contributed by atoms with van der Waals surface area (Å²) in [5.41, 5.74) is -0.321. The second-order valence-electron chi connectivity index (χ2n) is 4.79. The summed E-state index contributed by atoms with van der Waals surface area (Å²) in [4.78, 5) is 23.4. The summed E-state index contributed by atoms with van der Waals surface area (Å²) in [6.45, 7) is 0. The molecule has 0 radical (unpaired) electrons. The van der Waals surface area contributed by atoms with Gasteiger partial charge in [0.1, 0.15) is 0 Å². The molecule has 0 bridgehead atoms. The first-order valence-corrected chi connectivity index (χ1v) is 6.70. The van der Waals surface area contributed by atoms with E-state index < -0.39 is 11.6 Å². The van der Waals surface area contributed by atoms with Gasteiger partial charge >= 0.3 is 11.6 Å². The Morgan fingerprint density at radius 1 is 1.33 bits per heavy atom. The van der Waals surface area contributed by atoms with E-state index in [1.54, 1.807) is 7.11 Å². The SMILES string of the molecule is COC(=O)c1cc(N[C@@H]2CCC[C@@H]2OC)c(OC)c(=O)o1. The number of anilines is 1. The minimum atomic E-state index is -0.727. The summed E-state index contributed by atoms with van der Waals surface area (Å²) >= 11 is 0. The van der Waals surface area contributed by atoms with Crippen molar-refractivity contribution in [2.75, 3.05) is 26.6 Å². The van der Waals surface area contributed by atoms with Crippen LogP contribution in [-0.2, 0) is 9.47 Å². The van der Waals surface area contributed by atoms with Gasteiger partial charge in [0.05, 0.1) is 32.1 Å². The monoisotopic (exact) mass is 297 g/mol. The van der Waals surface area contributed by atoms with Crippen molar-refractivity contribution in [1.29, 1.82) is 0 Å². The lowest BCUT2D eigenvalue weighted by Crippen LogP contribution is -2.30. The molecule has 0 aliphatic heterocycles. The van der Waals surface area contributed by atoms with Crippen LogP contribution in [0.25, 0.3) is 0 Å². The van der Waals surface area contributed by atoms with Gasteiger partial charge in [0, 0.05) is 13.2 Å². The average molecular weight is 297 g/mol. The van der Waals surface area contributed by atoms with Crippen LogP contribution in [0.4, 0.5) is 5.69 Å². The highest BCUT2D eigenvalue weighted by molar-refractivity contribution is 5.87. The van der Waals surface area contributed by atoms with Gasteiger partial charge in [-0.1, -0.05) is 0 Å². The first kappa shape index (κ1) is 15.4. The maximum absolute atomic E-state index is 11.9. The van der Waals surface area contributed by atoms with Gasteiger partial charge in [0.25, 0.3) is 0 Å². The Morgan fingerprint density at radius 3 is 2.71 bits per heavy atom. The van der Waals surface area contributed by atoms with E-state index in [9.17, 15) is 9.59 Å². The molecular formula is C14H19NO6. The number of rotatable bonds is 5. The molecule has 1 aliphatic carbocycles. The highest BCUT2D eigenvalue weighted by atomic mass is 16.5. The normalized spacial score (nSPS) is 21.1. The van der Waals surface area contributed by atoms with Crippen LogP contribution in [0, 0.1) is 0 Å². The van der Waals surface area contributed by atoms with Crippen molar-refractivity contribution in [3.05, 3.63) is 22.2 Å². The molecule has 2 atom stereocenters. The van der Waals surface area contributed by atoms with Gasteiger partial charge in [-0.3, -0.25) is 0 Å². The minimum absolute atomic E-state index is 0.0319. The van der Waals surface area contributed by atoms with E-state index in [-0.39, 0.29) is 23.7 Å². The summed E-state index contributed by atoms with van der Waals surface area (Å²) in [6.07, 6.45) is 2.95. The minimum Gasteiger partial charge on any atom is -0.488 e. The molecule has 1 aromatic heterocycles. The number of carbonyl (C=O) groups excluding carboxylic acids is 1. The van der Waals surface area contributed by atoms with Crippen molar-refractivity contribution in [2.45, 2.75) is 31.4 Å². The van der Waals surface area contributed by atoms with E-state index >= 15 is 0 Å². The summed E-state index contributed by atoms with van der Waals surface area (Å²) in [6, 6.07) is 1.47. The van der Waals surface area contributed by atoms with E-state index in [1.807, 2.05) is 0 Å². The lowest BCUT2D eigenvalue weighted by molar-refractivity contribution is 0.0559. The molecule has 116 valence electrons. The van der Waals surface area contributed by atoms with Crippen molar-refractivity contribution >= 4 is 11.7 Å². The van der Waals surface area contributed by atoms with Gasteiger partial charge in [-0.25, -0.2) is 9.59 Å². The fourth-order valence-corrected chi connectivity index (χ4v) is 2.56. The Kier molecular flexibility index (Phi) is 4.85. The molecule has 1 saturated carbocycles. The first-order valence-electron chi connectivity index (χ1n) is 6.70. The van der Waals surface area contributed by atoms with Crippen LogP contribution in [0.2, 0.25) is 0 Å². The second kappa shape index (κ2) is 6.62. The van der Waals surface area contributed by atoms with Gasteiger partial charge in [0.15, 0.2) is 0 Å². The number of hydrogen-bond acceptors (Lipinski definition) is 7. The molecule has 7 heteroatoms. The molecule has 1 fully saturated rings. The van der Waals surface area contributed by atoms with Crippen molar-refractivity contribution < 1.29 is 23.4 Å². The topological polar surface area (TPSA) is 87.0 Å². The zero-order chi connectivity index (χ0) is 15.4. The van der Waals surface area contributed by atoms with Crippen LogP contribution in [0.3, 0.4) is 0 Å². The molecule has 1 heterocycles. The summed E-state index contributed by atoms with van der Waals surface area (Å²) in [5.74, 6) is -0.852. The number of methoxy groups -OCH3 is 3. The Morgan fingerprint density at radius 2 is 2.10 bits per heavy atom. The van der Waals surface area contributed by atoms with E-state index in [0.717, 1.165) is 19.3 Å². The van der Waals surface area contributed by atoms with E-state index in [1.165, 1.54) is 20.3 Å². The highest BCUT2D eigenvalue weighted by Crippen LogP contribution is 2.29. The summed E-state index contributed by atoms with van der Waals surface area (Å²) < 4.78 is 19.9. The number of ether oxygens (including phenoxy) is 3. The first-order chi connectivity index (χ1) is 10.1. The van der Waals surface area contributed by atoms with Crippen molar-refractivity contribution in [3.8, 4) is 5.75 Å². The van der Waals surface area contributed by atoms with Gasteiger partial charge in [-0.2, -0.15) is 0 Å². The zero-order valence-electron chi connectivity index (χ0n) is 12.3. The van der Waals surface area contributed by atoms with E-state index in [2.05, 4.69) is 10.1 Å². The number of esters is 1. The maximum atomic E-state index is 11.9. The molecule has 1 aromatic rings. The third-order valence-electron chi connectivity index (χ3n) is 3.60. The van der Waals surface area contributed by atoms with Crippen molar-refractivity contribution in [3.63, 3.8) is 0 Å². The Hall–Kier alpha value is -2.02. The third-order valence-corrected chi connectivity index (χ3v) is 3.60. The average Bonchev–Trinajstić information content (AvgIpc) is 2.93. The Balaban J connectivity index is 2.34. The van der Waals surface area contributed by atoms with Gasteiger partial charge in [-0.05, 0) is 19.3 Å². The molecule has 0 spiro atoms. The predicted octanol–water partition coefficient (Wildman–Crippen LogP) is 1.41. The molecule has 0 unspecified atom stereocenters. The molecule has 7 nitrogen and oxygen atoms in total. The quantitative estimate of drug-likeness (QED) is 0.822. The molecule has 2 rings (SSSR count).